The molecule has 0 spiro atoms. The SMILES string of the molecule is CC(NCc1ccc(NC(=O)c2cccnc2)cc1)c1ccc(Br)o1. The molecule has 3 aromatic rings. The Kier molecular flexibility index (Phi) is 5.63. The van der Waals surface area contributed by atoms with Gasteiger partial charge in [0.1, 0.15) is 5.76 Å². The third-order valence-electron chi connectivity index (χ3n) is 3.77. The number of nitrogens with zero attached hydrogens (tertiary/aromatic N) is 1. The first-order chi connectivity index (χ1) is 12.1. The van der Waals surface area contributed by atoms with Crippen LogP contribution in [0.4, 0.5) is 5.69 Å². The summed E-state index contributed by atoms with van der Waals surface area (Å²) in [5, 5.41) is 6.26. The number of hydrogen-bond donors (Lipinski definition) is 2. The predicted molar refractivity (Wildman–Crippen MR) is 100 cm³/mol. The van der Waals surface area contributed by atoms with Gasteiger partial charge in [-0.2, -0.15) is 0 Å². The lowest BCUT2D eigenvalue weighted by molar-refractivity contribution is 0.102. The summed E-state index contributed by atoms with van der Waals surface area (Å²) in [7, 11) is 0. The van der Waals surface area contributed by atoms with Gasteiger partial charge in [-0.05, 0) is 64.8 Å². The third kappa shape index (κ3) is 4.78. The van der Waals surface area contributed by atoms with Crippen molar-refractivity contribution in [2.24, 2.45) is 0 Å². The van der Waals surface area contributed by atoms with Gasteiger partial charge in [-0.25, -0.2) is 0 Å². The lowest BCUT2D eigenvalue weighted by atomic mass is 10.1. The van der Waals surface area contributed by atoms with E-state index in [1.807, 2.05) is 43.3 Å². The van der Waals surface area contributed by atoms with E-state index in [1.54, 1.807) is 24.5 Å². The summed E-state index contributed by atoms with van der Waals surface area (Å²) in [6.45, 7) is 2.75. The summed E-state index contributed by atoms with van der Waals surface area (Å²) in [6, 6.07) is 15.1. The zero-order valence-corrected chi connectivity index (χ0v) is 15.3. The van der Waals surface area contributed by atoms with E-state index >= 15 is 0 Å². The molecular formula is C19H18BrN3O2. The van der Waals surface area contributed by atoms with Crippen molar-refractivity contribution < 1.29 is 9.21 Å². The molecule has 0 saturated carbocycles. The molecule has 1 atom stereocenters. The monoisotopic (exact) mass is 399 g/mol. The summed E-state index contributed by atoms with van der Waals surface area (Å²) in [5.74, 6) is 0.711. The van der Waals surface area contributed by atoms with Crippen LogP contribution in [0.3, 0.4) is 0 Å². The van der Waals surface area contributed by atoms with Crippen molar-refractivity contribution >= 4 is 27.5 Å². The molecule has 0 radical (unpaired) electrons. The molecule has 0 bridgehead atoms. The Morgan fingerprint density at radius 2 is 2.00 bits per heavy atom. The zero-order valence-electron chi connectivity index (χ0n) is 13.7. The van der Waals surface area contributed by atoms with Crippen molar-refractivity contribution in [3.05, 3.63) is 82.5 Å². The second-order valence-corrected chi connectivity index (χ2v) is 6.42. The Morgan fingerprint density at radius 1 is 1.20 bits per heavy atom. The number of rotatable bonds is 6. The van der Waals surface area contributed by atoms with Gasteiger partial charge in [-0.1, -0.05) is 12.1 Å². The topological polar surface area (TPSA) is 67.2 Å². The fraction of sp³-hybridized carbons (Fsp3) is 0.158. The molecule has 5 nitrogen and oxygen atoms in total. The van der Waals surface area contributed by atoms with Crippen molar-refractivity contribution in [3.63, 3.8) is 0 Å². The summed E-state index contributed by atoms with van der Waals surface area (Å²) in [6.07, 6.45) is 3.18. The highest BCUT2D eigenvalue weighted by molar-refractivity contribution is 9.10. The van der Waals surface area contributed by atoms with Gasteiger partial charge in [0, 0.05) is 24.6 Å². The molecule has 0 saturated heterocycles. The first kappa shape index (κ1) is 17.4. The van der Waals surface area contributed by atoms with Gasteiger partial charge >= 0.3 is 0 Å². The van der Waals surface area contributed by atoms with Crippen LogP contribution in [0.25, 0.3) is 0 Å². The molecule has 25 heavy (non-hydrogen) atoms. The van der Waals surface area contributed by atoms with Crippen LogP contribution in [0.5, 0.6) is 0 Å². The van der Waals surface area contributed by atoms with Crippen LogP contribution in [0.15, 0.2) is 70.0 Å². The molecule has 0 aliphatic carbocycles. The first-order valence-corrected chi connectivity index (χ1v) is 8.70. The molecule has 1 unspecified atom stereocenters. The summed E-state index contributed by atoms with van der Waals surface area (Å²) < 4.78 is 6.27. The first-order valence-electron chi connectivity index (χ1n) is 7.91. The number of benzene rings is 1. The molecule has 0 aliphatic heterocycles. The van der Waals surface area contributed by atoms with E-state index in [-0.39, 0.29) is 11.9 Å². The van der Waals surface area contributed by atoms with Gasteiger partial charge in [0.15, 0.2) is 4.67 Å². The Labute approximate surface area is 154 Å². The van der Waals surface area contributed by atoms with E-state index in [0.29, 0.717) is 12.1 Å². The fourth-order valence-corrected chi connectivity index (χ4v) is 2.66. The predicted octanol–water partition coefficient (Wildman–Crippen LogP) is 4.54. The molecule has 3 rings (SSSR count). The highest BCUT2D eigenvalue weighted by atomic mass is 79.9. The van der Waals surface area contributed by atoms with Crippen LogP contribution in [-0.4, -0.2) is 10.9 Å². The third-order valence-corrected chi connectivity index (χ3v) is 4.19. The summed E-state index contributed by atoms with van der Waals surface area (Å²) in [5.41, 5.74) is 2.41. The second-order valence-electron chi connectivity index (χ2n) is 5.64. The maximum Gasteiger partial charge on any atom is 0.257 e. The van der Waals surface area contributed by atoms with E-state index in [0.717, 1.165) is 21.7 Å². The number of furan rings is 1. The van der Waals surface area contributed by atoms with E-state index in [2.05, 4.69) is 31.5 Å². The second kappa shape index (κ2) is 8.09. The number of hydrogen-bond acceptors (Lipinski definition) is 4. The maximum absolute atomic E-state index is 12.1. The van der Waals surface area contributed by atoms with Gasteiger partial charge in [-0.15, -0.1) is 0 Å². The number of carbonyl (C=O) groups excluding carboxylic acids is 1. The molecule has 2 N–H and O–H groups in total. The number of carbonyl (C=O) groups is 1. The van der Waals surface area contributed by atoms with Crippen molar-refractivity contribution in [1.29, 1.82) is 0 Å². The number of halogens is 1. The average molecular weight is 400 g/mol. The van der Waals surface area contributed by atoms with Gasteiger partial charge in [-0.3, -0.25) is 9.78 Å². The number of pyridine rings is 1. The standard InChI is InChI=1S/C19H18BrN3O2/c1-13(17-8-9-18(20)25-17)22-11-14-4-6-16(7-5-14)23-19(24)15-3-2-10-21-12-15/h2-10,12-13,22H,11H2,1H3,(H,23,24). The molecule has 2 aromatic heterocycles. The minimum absolute atomic E-state index is 0.108. The largest absolute Gasteiger partial charge is 0.453 e. The molecule has 0 fully saturated rings. The Balaban J connectivity index is 1.54. The van der Waals surface area contributed by atoms with Crippen LogP contribution in [0, 0.1) is 0 Å². The van der Waals surface area contributed by atoms with Gasteiger partial charge in [0.25, 0.3) is 5.91 Å². The van der Waals surface area contributed by atoms with Gasteiger partial charge in [0.05, 0.1) is 11.6 Å². The highest BCUT2D eigenvalue weighted by Crippen LogP contribution is 2.20. The van der Waals surface area contributed by atoms with Crippen LogP contribution in [-0.2, 0) is 6.54 Å². The molecule has 1 amide bonds. The van der Waals surface area contributed by atoms with Gasteiger partial charge < -0.3 is 15.1 Å². The highest BCUT2D eigenvalue weighted by Gasteiger charge is 2.09. The number of anilines is 1. The Hall–Kier alpha value is -2.44. The Morgan fingerprint density at radius 3 is 2.64 bits per heavy atom. The molecule has 0 aliphatic rings. The van der Waals surface area contributed by atoms with E-state index in [4.69, 9.17) is 4.42 Å². The van der Waals surface area contributed by atoms with Crippen LogP contribution in [0.2, 0.25) is 0 Å². The molecule has 6 heteroatoms. The van der Waals surface area contributed by atoms with E-state index in [9.17, 15) is 4.79 Å². The smallest absolute Gasteiger partial charge is 0.257 e. The van der Waals surface area contributed by atoms with Crippen LogP contribution < -0.4 is 10.6 Å². The zero-order chi connectivity index (χ0) is 17.6. The van der Waals surface area contributed by atoms with E-state index < -0.39 is 0 Å². The number of aromatic nitrogens is 1. The summed E-state index contributed by atoms with van der Waals surface area (Å²) in [4.78, 5) is 16.0. The molecule has 128 valence electrons. The van der Waals surface area contributed by atoms with Crippen LogP contribution >= 0.6 is 15.9 Å². The minimum atomic E-state index is -0.170. The molecule has 2 heterocycles. The lowest BCUT2D eigenvalue weighted by Crippen LogP contribution is -2.17. The van der Waals surface area contributed by atoms with Crippen LogP contribution in [0.1, 0.15) is 34.6 Å². The summed E-state index contributed by atoms with van der Waals surface area (Å²) >= 11 is 3.31. The van der Waals surface area contributed by atoms with Crippen molar-refractivity contribution in [2.75, 3.05) is 5.32 Å². The minimum Gasteiger partial charge on any atom is -0.453 e. The molecule has 1 aromatic carbocycles. The Bertz CT molecular complexity index is 831. The number of amides is 1. The molecular weight excluding hydrogens is 382 g/mol. The van der Waals surface area contributed by atoms with Crippen molar-refractivity contribution in [2.45, 2.75) is 19.5 Å². The van der Waals surface area contributed by atoms with Gasteiger partial charge in [0.2, 0.25) is 0 Å². The average Bonchev–Trinajstić information content (AvgIpc) is 3.08. The van der Waals surface area contributed by atoms with Crippen molar-refractivity contribution in [3.8, 4) is 0 Å². The van der Waals surface area contributed by atoms with E-state index in [1.165, 1.54) is 0 Å². The lowest BCUT2D eigenvalue weighted by Gasteiger charge is -2.12. The maximum atomic E-state index is 12.1. The fourth-order valence-electron chi connectivity index (χ4n) is 2.34. The van der Waals surface area contributed by atoms with Crippen molar-refractivity contribution in [1.82, 2.24) is 10.3 Å². The number of nitrogens with one attached hydrogen (secondary N) is 2. The normalized spacial score (nSPS) is 11.9. The quantitative estimate of drug-likeness (QED) is 0.638.